The number of fused-ring (bicyclic) bond motifs is 2. The number of carbonyl (C=O) groups excluding carboxylic acids is 1. The summed E-state index contributed by atoms with van der Waals surface area (Å²) in [6.07, 6.45) is 1.93. The number of benzene rings is 1. The standard InChI is InChI=1S/C17H21BrO2/c1-16(2)12-9-10-17(16,3)15(19)20-14(12)13(18)11-7-5-4-6-8-11/h4-8,12-14H,9-10H2,1-3H3/t12-,13-,14+,17-/m1/s1. The number of hydrogen-bond acceptors (Lipinski definition) is 2. The van der Waals surface area contributed by atoms with Crippen molar-refractivity contribution < 1.29 is 9.53 Å². The van der Waals surface area contributed by atoms with Gasteiger partial charge in [0, 0.05) is 5.92 Å². The van der Waals surface area contributed by atoms with Gasteiger partial charge in [0.1, 0.15) is 6.10 Å². The van der Waals surface area contributed by atoms with Crippen LogP contribution in [-0.2, 0) is 9.53 Å². The highest BCUT2D eigenvalue weighted by Gasteiger charge is 2.64. The Morgan fingerprint density at radius 2 is 1.90 bits per heavy atom. The molecule has 1 heterocycles. The summed E-state index contributed by atoms with van der Waals surface area (Å²) < 4.78 is 5.84. The highest BCUT2D eigenvalue weighted by molar-refractivity contribution is 9.09. The number of alkyl halides is 1. The first-order valence-corrected chi connectivity index (χ1v) is 8.19. The minimum absolute atomic E-state index is 0.00615. The maximum Gasteiger partial charge on any atom is 0.312 e. The van der Waals surface area contributed by atoms with Gasteiger partial charge in [0.25, 0.3) is 0 Å². The summed E-state index contributed by atoms with van der Waals surface area (Å²) in [4.78, 5) is 12.6. The number of hydrogen-bond donors (Lipinski definition) is 0. The minimum Gasteiger partial charge on any atom is -0.460 e. The Morgan fingerprint density at radius 3 is 2.55 bits per heavy atom. The summed E-state index contributed by atoms with van der Waals surface area (Å²) >= 11 is 3.77. The molecule has 20 heavy (non-hydrogen) atoms. The molecule has 0 unspecified atom stereocenters. The van der Waals surface area contributed by atoms with E-state index in [1.54, 1.807) is 0 Å². The molecule has 2 nitrogen and oxygen atoms in total. The number of halogens is 1. The fourth-order valence-corrected chi connectivity index (χ4v) is 4.68. The van der Waals surface area contributed by atoms with Gasteiger partial charge in [-0.2, -0.15) is 0 Å². The lowest BCUT2D eigenvalue weighted by Gasteiger charge is -2.48. The molecule has 1 aromatic rings. The van der Waals surface area contributed by atoms with Gasteiger partial charge in [0.2, 0.25) is 0 Å². The Balaban J connectivity index is 1.95. The lowest BCUT2D eigenvalue weighted by molar-refractivity contribution is -0.186. The van der Waals surface area contributed by atoms with Crippen LogP contribution in [0, 0.1) is 16.7 Å². The van der Waals surface area contributed by atoms with Gasteiger partial charge in [0.15, 0.2) is 0 Å². The highest BCUT2D eigenvalue weighted by Crippen LogP contribution is 2.62. The highest BCUT2D eigenvalue weighted by atomic mass is 79.9. The minimum atomic E-state index is -0.322. The second-order valence-corrected chi connectivity index (χ2v) is 7.87. The normalized spacial score (nSPS) is 36.5. The SMILES string of the molecule is CC1(C)[C@@H]2CC[C@]1(C)C(=O)O[C@@H]2[C@H](Br)c1ccccc1. The summed E-state index contributed by atoms with van der Waals surface area (Å²) in [5, 5.41) is 0. The van der Waals surface area contributed by atoms with Crippen LogP contribution in [0.15, 0.2) is 30.3 Å². The first kappa shape index (κ1) is 14.1. The quantitative estimate of drug-likeness (QED) is 0.587. The zero-order valence-corrected chi connectivity index (χ0v) is 13.8. The van der Waals surface area contributed by atoms with Crippen LogP contribution in [0.25, 0.3) is 0 Å². The van der Waals surface area contributed by atoms with Crippen LogP contribution in [0.5, 0.6) is 0 Å². The molecule has 0 radical (unpaired) electrons. The van der Waals surface area contributed by atoms with Crippen molar-refractivity contribution in [2.75, 3.05) is 0 Å². The molecular weight excluding hydrogens is 316 g/mol. The molecule has 1 aliphatic carbocycles. The lowest BCUT2D eigenvalue weighted by atomic mass is 9.62. The zero-order chi connectivity index (χ0) is 14.5. The third-order valence-corrected chi connectivity index (χ3v) is 6.85. The topological polar surface area (TPSA) is 26.3 Å². The van der Waals surface area contributed by atoms with Gasteiger partial charge in [-0.1, -0.05) is 60.1 Å². The van der Waals surface area contributed by atoms with E-state index in [-0.39, 0.29) is 27.7 Å². The van der Waals surface area contributed by atoms with E-state index in [0.717, 1.165) is 12.8 Å². The summed E-state index contributed by atoms with van der Waals surface area (Å²) in [5.41, 5.74) is 0.849. The largest absolute Gasteiger partial charge is 0.460 e. The van der Waals surface area contributed by atoms with Crippen LogP contribution in [0.1, 0.15) is 44.0 Å². The van der Waals surface area contributed by atoms with E-state index in [1.165, 1.54) is 5.56 Å². The van der Waals surface area contributed by atoms with Crippen LogP contribution in [-0.4, -0.2) is 12.1 Å². The van der Waals surface area contributed by atoms with Crippen molar-refractivity contribution in [1.82, 2.24) is 0 Å². The van der Waals surface area contributed by atoms with Crippen molar-refractivity contribution in [3.63, 3.8) is 0 Å². The Morgan fingerprint density at radius 1 is 1.25 bits per heavy atom. The van der Waals surface area contributed by atoms with Gasteiger partial charge < -0.3 is 4.74 Å². The summed E-state index contributed by atoms with van der Waals surface area (Å²) in [6, 6.07) is 10.2. The number of carbonyl (C=O) groups is 1. The number of cyclic esters (lactones) is 1. The van der Waals surface area contributed by atoms with E-state index in [4.69, 9.17) is 4.74 Å². The summed E-state index contributed by atoms with van der Waals surface area (Å²) in [5.74, 6) is 0.386. The monoisotopic (exact) mass is 336 g/mol. The zero-order valence-electron chi connectivity index (χ0n) is 12.2. The Hall–Kier alpha value is -0.830. The van der Waals surface area contributed by atoms with Crippen molar-refractivity contribution in [3.8, 4) is 0 Å². The molecule has 1 aromatic carbocycles. The molecule has 2 fully saturated rings. The molecule has 4 atom stereocenters. The average molecular weight is 337 g/mol. The predicted molar refractivity (Wildman–Crippen MR) is 82.6 cm³/mol. The van der Waals surface area contributed by atoms with Gasteiger partial charge in [-0.05, 0) is 30.7 Å². The Kier molecular flexibility index (Phi) is 3.24. The molecule has 3 heteroatoms. The molecule has 2 bridgehead atoms. The third kappa shape index (κ3) is 1.78. The van der Waals surface area contributed by atoms with Crippen LogP contribution in [0.4, 0.5) is 0 Å². The van der Waals surface area contributed by atoms with Crippen LogP contribution in [0.3, 0.4) is 0 Å². The number of rotatable bonds is 2. The van der Waals surface area contributed by atoms with Crippen LogP contribution in [0.2, 0.25) is 0 Å². The molecule has 0 aromatic heterocycles. The predicted octanol–water partition coefficient (Wildman–Crippen LogP) is 4.49. The summed E-state index contributed by atoms with van der Waals surface area (Å²) in [6.45, 7) is 6.52. The van der Waals surface area contributed by atoms with E-state index >= 15 is 0 Å². The van der Waals surface area contributed by atoms with Crippen LogP contribution >= 0.6 is 15.9 Å². The molecule has 2 aliphatic rings. The molecule has 108 valence electrons. The Labute approximate surface area is 129 Å². The summed E-state index contributed by atoms with van der Waals surface area (Å²) in [7, 11) is 0. The van der Waals surface area contributed by atoms with Crippen molar-refractivity contribution in [1.29, 1.82) is 0 Å². The smallest absolute Gasteiger partial charge is 0.312 e. The van der Waals surface area contributed by atoms with Crippen molar-refractivity contribution in [2.45, 2.75) is 44.5 Å². The van der Waals surface area contributed by atoms with E-state index in [0.29, 0.717) is 5.92 Å². The lowest BCUT2D eigenvalue weighted by Crippen LogP contribution is -2.52. The second kappa shape index (κ2) is 4.59. The molecule has 0 N–H and O–H groups in total. The van der Waals surface area contributed by atoms with Crippen molar-refractivity contribution in [3.05, 3.63) is 35.9 Å². The van der Waals surface area contributed by atoms with Gasteiger partial charge in [-0.25, -0.2) is 0 Å². The van der Waals surface area contributed by atoms with Gasteiger partial charge in [-0.15, -0.1) is 0 Å². The molecule has 1 saturated heterocycles. The van der Waals surface area contributed by atoms with E-state index < -0.39 is 0 Å². The van der Waals surface area contributed by atoms with E-state index in [9.17, 15) is 4.79 Å². The third-order valence-electron chi connectivity index (χ3n) is 5.80. The second-order valence-electron chi connectivity index (χ2n) is 6.88. The van der Waals surface area contributed by atoms with Crippen molar-refractivity contribution >= 4 is 21.9 Å². The maximum absolute atomic E-state index is 12.5. The first-order valence-electron chi connectivity index (χ1n) is 7.28. The molecule has 1 saturated carbocycles. The fourth-order valence-electron chi connectivity index (χ4n) is 3.90. The molecule has 1 aliphatic heterocycles. The molecule has 0 spiro atoms. The Bertz CT molecular complexity index is 525. The molecule has 3 rings (SSSR count). The van der Waals surface area contributed by atoms with E-state index in [1.807, 2.05) is 18.2 Å². The number of esters is 1. The van der Waals surface area contributed by atoms with Gasteiger partial charge in [0.05, 0.1) is 10.2 Å². The molecular formula is C17H21BrO2. The number of ether oxygens (including phenoxy) is 1. The first-order chi connectivity index (χ1) is 9.38. The van der Waals surface area contributed by atoms with Crippen molar-refractivity contribution in [2.24, 2.45) is 16.7 Å². The van der Waals surface area contributed by atoms with E-state index in [2.05, 4.69) is 48.8 Å². The maximum atomic E-state index is 12.5. The molecule has 0 amide bonds. The fraction of sp³-hybridized carbons (Fsp3) is 0.588. The average Bonchev–Trinajstić information content (AvgIpc) is 2.58. The van der Waals surface area contributed by atoms with Gasteiger partial charge >= 0.3 is 5.97 Å². The van der Waals surface area contributed by atoms with Crippen LogP contribution < -0.4 is 0 Å². The van der Waals surface area contributed by atoms with Gasteiger partial charge in [-0.3, -0.25) is 4.79 Å².